The molecule has 0 aliphatic heterocycles. The maximum atomic E-state index is 10.6. The second kappa shape index (κ2) is 5.38. The largest absolute Gasteiger partial charge is 0.482 e. The molecule has 0 radical (unpaired) electrons. The molecule has 1 atom stereocenters. The number of hydrogen-bond donors (Lipinski definition) is 1. The van der Waals surface area contributed by atoms with Crippen molar-refractivity contribution in [1.29, 1.82) is 0 Å². The van der Waals surface area contributed by atoms with Gasteiger partial charge in [0.1, 0.15) is 5.75 Å². The minimum absolute atomic E-state index is 0.228. The van der Waals surface area contributed by atoms with Gasteiger partial charge in [-0.05, 0) is 30.8 Å². The van der Waals surface area contributed by atoms with Crippen molar-refractivity contribution in [3.63, 3.8) is 0 Å². The Balaban J connectivity index is 2.59. The van der Waals surface area contributed by atoms with Gasteiger partial charge in [-0.2, -0.15) is 0 Å². The highest BCUT2D eigenvalue weighted by molar-refractivity contribution is 7.79. The van der Waals surface area contributed by atoms with Crippen molar-refractivity contribution in [3.8, 4) is 5.75 Å². The molecule has 0 saturated heterocycles. The fourth-order valence-corrected chi connectivity index (χ4v) is 1.24. The van der Waals surface area contributed by atoms with Crippen LogP contribution in [0.15, 0.2) is 41.4 Å². The molecular formula is C9H9NO5S. The van der Waals surface area contributed by atoms with E-state index in [9.17, 15) is 14.3 Å². The first-order chi connectivity index (χ1) is 7.50. The smallest absolute Gasteiger partial charge is 0.276 e. The van der Waals surface area contributed by atoms with Crippen molar-refractivity contribution in [1.82, 2.24) is 0 Å². The van der Waals surface area contributed by atoms with Crippen LogP contribution in [0, 0.1) is 10.1 Å². The van der Waals surface area contributed by atoms with Crippen LogP contribution in [0.1, 0.15) is 0 Å². The molecule has 1 unspecified atom stereocenters. The van der Waals surface area contributed by atoms with Gasteiger partial charge in [0, 0.05) is 0 Å². The van der Waals surface area contributed by atoms with Gasteiger partial charge in [0.05, 0.1) is 9.82 Å². The van der Waals surface area contributed by atoms with Crippen molar-refractivity contribution in [2.45, 2.75) is 4.90 Å². The monoisotopic (exact) mass is 243 g/mol. The first-order valence-electron chi connectivity index (χ1n) is 4.16. The molecule has 0 aromatic heterocycles. The molecule has 1 N–H and O–H groups in total. The maximum Gasteiger partial charge on any atom is 0.276 e. The first kappa shape index (κ1) is 12.3. The van der Waals surface area contributed by atoms with Crippen LogP contribution in [0.25, 0.3) is 0 Å². The number of rotatable bonds is 5. The van der Waals surface area contributed by atoms with Crippen molar-refractivity contribution in [2.75, 3.05) is 6.61 Å². The molecule has 1 aromatic carbocycles. The number of nitro groups is 1. The lowest BCUT2D eigenvalue weighted by molar-refractivity contribution is -0.428. The van der Waals surface area contributed by atoms with Crippen molar-refractivity contribution in [2.24, 2.45) is 0 Å². The van der Waals surface area contributed by atoms with Gasteiger partial charge in [-0.15, -0.1) is 0 Å². The Labute approximate surface area is 94.0 Å². The number of nitrogens with zero attached hydrogens (tertiary/aromatic N) is 1. The number of hydrogen-bond acceptors (Lipinski definition) is 4. The average Bonchev–Trinajstić information content (AvgIpc) is 2.26. The van der Waals surface area contributed by atoms with E-state index in [0.717, 1.165) is 0 Å². The molecule has 0 heterocycles. The van der Waals surface area contributed by atoms with E-state index in [0.29, 0.717) is 5.75 Å². The standard InChI is InChI=1S/C9H9NO5S/c1-7(10(11)12)6-15-8-2-4-9(5-3-8)16(13)14/h2-5H,1,6H2,(H,13,14). The third kappa shape index (κ3) is 3.44. The molecule has 0 aliphatic carbocycles. The van der Waals surface area contributed by atoms with E-state index in [4.69, 9.17) is 9.29 Å². The fraction of sp³-hybridized carbons (Fsp3) is 0.111. The summed E-state index contributed by atoms with van der Waals surface area (Å²) in [6.07, 6.45) is 0. The zero-order chi connectivity index (χ0) is 12.1. The molecule has 1 rings (SSSR count). The van der Waals surface area contributed by atoms with Crippen LogP contribution in [0.3, 0.4) is 0 Å². The predicted molar refractivity (Wildman–Crippen MR) is 57.1 cm³/mol. The fourth-order valence-electron chi connectivity index (χ4n) is 0.872. The van der Waals surface area contributed by atoms with Crippen LogP contribution in [0.5, 0.6) is 5.75 Å². The van der Waals surface area contributed by atoms with Gasteiger partial charge >= 0.3 is 0 Å². The second-order valence-corrected chi connectivity index (χ2v) is 3.80. The molecule has 16 heavy (non-hydrogen) atoms. The van der Waals surface area contributed by atoms with E-state index in [1.165, 1.54) is 24.3 Å². The number of benzene rings is 1. The summed E-state index contributed by atoms with van der Waals surface area (Å²) < 4.78 is 24.4. The molecular weight excluding hydrogens is 234 g/mol. The lowest BCUT2D eigenvalue weighted by Gasteiger charge is -2.03. The molecule has 86 valence electrons. The van der Waals surface area contributed by atoms with Crippen molar-refractivity contribution >= 4 is 11.1 Å². The van der Waals surface area contributed by atoms with Crippen molar-refractivity contribution < 1.29 is 18.4 Å². The Hall–Kier alpha value is -1.73. The summed E-state index contributed by atoms with van der Waals surface area (Å²) in [7, 11) is 0. The Morgan fingerprint density at radius 3 is 2.50 bits per heavy atom. The molecule has 1 aromatic rings. The zero-order valence-electron chi connectivity index (χ0n) is 8.16. The predicted octanol–water partition coefficient (Wildman–Crippen LogP) is 1.44. The van der Waals surface area contributed by atoms with Gasteiger partial charge < -0.3 is 9.29 Å². The van der Waals surface area contributed by atoms with E-state index in [2.05, 4.69) is 6.58 Å². The molecule has 0 saturated carbocycles. The minimum Gasteiger partial charge on any atom is -0.482 e. The first-order valence-corrected chi connectivity index (χ1v) is 5.27. The maximum absolute atomic E-state index is 10.6. The highest BCUT2D eigenvalue weighted by Crippen LogP contribution is 2.14. The third-order valence-electron chi connectivity index (χ3n) is 1.69. The van der Waals surface area contributed by atoms with Crippen LogP contribution in [0.2, 0.25) is 0 Å². The van der Waals surface area contributed by atoms with E-state index in [1.807, 2.05) is 0 Å². The second-order valence-electron chi connectivity index (χ2n) is 2.83. The molecule has 0 bridgehead atoms. The molecule has 6 nitrogen and oxygen atoms in total. The average molecular weight is 243 g/mol. The summed E-state index contributed by atoms with van der Waals surface area (Å²) in [6, 6.07) is 5.72. The van der Waals surface area contributed by atoms with E-state index in [1.54, 1.807) is 0 Å². The van der Waals surface area contributed by atoms with E-state index >= 15 is 0 Å². The van der Waals surface area contributed by atoms with E-state index in [-0.39, 0.29) is 17.2 Å². The van der Waals surface area contributed by atoms with Crippen LogP contribution in [-0.2, 0) is 11.1 Å². The van der Waals surface area contributed by atoms with Gasteiger partial charge in [0.25, 0.3) is 5.70 Å². The summed E-state index contributed by atoms with van der Waals surface area (Å²) in [6.45, 7) is 2.97. The van der Waals surface area contributed by atoms with Gasteiger partial charge in [-0.25, -0.2) is 4.21 Å². The summed E-state index contributed by atoms with van der Waals surface area (Å²) in [5.41, 5.74) is -0.255. The van der Waals surface area contributed by atoms with Crippen LogP contribution >= 0.6 is 0 Å². The van der Waals surface area contributed by atoms with Crippen LogP contribution < -0.4 is 4.74 Å². The molecule has 0 aliphatic rings. The topological polar surface area (TPSA) is 89.7 Å². The Kier molecular flexibility index (Phi) is 4.15. The summed E-state index contributed by atoms with van der Waals surface area (Å²) >= 11 is -2.04. The van der Waals surface area contributed by atoms with Gasteiger partial charge in [0.15, 0.2) is 17.7 Å². The van der Waals surface area contributed by atoms with Crippen molar-refractivity contribution in [3.05, 3.63) is 46.7 Å². The third-order valence-corrected chi connectivity index (χ3v) is 2.36. The lowest BCUT2D eigenvalue weighted by Crippen LogP contribution is -2.07. The van der Waals surface area contributed by atoms with Crippen LogP contribution in [-0.4, -0.2) is 20.3 Å². The lowest BCUT2D eigenvalue weighted by atomic mass is 10.3. The quantitative estimate of drug-likeness (QED) is 0.480. The van der Waals surface area contributed by atoms with E-state index < -0.39 is 16.0 Å². The summed E-state index contributed by atoms with van der Waals surface area (Å²) in [5.74, 6) is 0.372. The Bertz CT molecular complexity index is 428. The zero-order valence-corrected chi connectivity index (χ0v) is 8.98. The van der Waals surface area contributed by atoms with Gasteiger partial charge in [0.2, 0.25) is 0 Å². The molecule has 0 spiro atoms. The van der Waals surface area contributed by atoms with Gasteiger partial charge in [-0.1, -0.05) is 0 Å². The summed E-state index contributed by atoms with van der Waals surface area (Å²) in [4.78, 5) is 9.83. The highest BCUT2D eigenvalue weighted by Gasteiger charge is 2.07. The molecule has 7 heteroatoms. The summed E-state index contributed by atoms with van der Waals surface area (Å²) in [5, 5.41) is 10.2. The Morgan fingerprint density at radius 1 is 1.50 bits per heavy atom. The SMILES string of the molecule is C=C(COc1ccc(S(=O)O)cc1)[N+](=O)[O-]. The number of ether oxygens (including phenoxy) is 1. The highest BCUT2D eigenvalue weighted by atomic mass is 32.2. The Morgan fingerprint density at radius 2 is 2.06 bits per heavy atom. The van der Waals surface area contributed by atoms with Gasteiger partial charge in [-0.3, -0.25) is 10.1 Å². The molecule has 0 amide bonds. The van der Waals surface area contributed by atoms with Crippen LogP contribution in [0.4, 0.5) is 0 Å². The molecule has 0 fully saturated rings. The minimum atomic E-state index is -2.04. The normalized spacial score (nSPS) is 11.8.